The summed E-state index contributed by atoms with van der Waals surface area (Å²) in [4.78, 5) is 27.2. The molecule has 0 radical (unpaired) electrons. The van der Waals surface area contributed by atoms with Crippen molar-refractivity contribution in [2.75, 3.05) is 39.5 Å². The third kappa shape index (κ3) is 4.66. The van der Waals surface area contributed by atoms with Gasteiger partial charge in [0, 0.05) is 38.0 Å². The molecule has 0 spiro atoms. The first-order valence-corrected chi connectivity index (χ1v) is 6.91. The van der Waals surface area contributed by atoms with Crippen LogP contribution in [0.2, 0.25) is 0 Å². The summed E-state index contributed by atoms with van der Waals surface area (Å²) < 4.78 is 5.38. The summed E-state index contributed by atoms with van der Waals surface area (Å²) in [5, 5.41) is 0. The van der Waals surface area contributed by atoms with Crippen LogP contribution in [0.3, 0.4) is 0 Å². The highest BCUT2D eigenvalue weighted by Gasteiger charge is 2.19. The smallest absolute Gasteiger partial charge is 0.254 e. The van der Waals surface area contributed by atoms with Gasteiger partial charge in [0.15, 0.2) is 0 Å². The number of nitrogens with two attached hydrogens (primary N) is 1. The van der Waals surface area contributed by atoms with Gasteiger partial charge < -0.3 is 20.3 Å². The molecule has 1 aromatic rings. The first-order valence-electron chi connectivity index (χ1n) is 6.91. The third-order valence-corrected chi connectivity index (χ3v) is 2.98. The van der Waals surface area contributed by atoms with Gasteiger partial charge in [0.05, 0.1) is 13.2 Å². The van der Waals surface area contributed by atoms with Crippen molar-refractivity contribution < 1.29 is 14.3 Å². The molecular weight excluding hydrogens is 270 g/mol. The molecule has 1 aromatic carbocycles. The second kappa shape index (κ2) is 7.52. The zero-order valence-electron chi connectivity index (χ0n) is 13.0. The van der Waals surface area contributed by atoms with Crippen LogP contribution < -0.4 is 10.5 Å². The van der Waals surface area contributed by atoms with Gasteiger partial charge in [-0.15, -0.1) is 0 Å². The molecule has 6 heteroatoms. The number of rotatable bonds is 6. The van der Waals surface area contributed by atoms with E-state index >= 15 is 0 Å². The normalized spacial score (nSPS) is 10.1. The van der Waals surface area contributed by atoms with E-state index in [-0.39, 0.29) is 18.4 Å². The molecule has 116 valence electrons. The Kier molecular flexibility index (Phi) is 6.02. The molecule has 0 aromatic heterocycles. The molecule has 0 aliphatic rings. The van der Waals surface area contributed by atoms with Gasteiger partial charge in [-0.2, -0.15) is 0 Å². The number of ether oxygens (including phenoxy) is 1. The number of hydrogen-bond donors (Lipinski definition) is 1. The molecule has 0 saturated heterocycles. The van der Waals surface area contributed by atoms with Crippen LogP contribution in [0.5, 0.6) is 5.75 Å². The predicted octanol–water partition coefficient (Wildman–Crippen LogP) is 1.22. The van der Waals surface area contributed by atoms with Crippen LogP contribution >= 0.6 is 0 Å². The van der Waals surface area contributed by atoms with E-state index in [0.717, 1.165) is 0 Å². The lowest BCUT2D eigenvalue weighted by Gasteiger charge is -2.22. The van der Waals surface area contributed by atoms with Crippen molar-refractivity contribution >= 4 is 17.5 Å². The van der Waals surface area contributed by atoms with Gasteiger partial charge in [-0.1, -0.05) is 0 Å². The van der Waals surface area contributed by atoms with E-state index in [9.17, 15) is 9.59 Å². The van der Waals surface area contributed by atoms with Crippen molar-refractivity contribution in [3.05, 3.63) is 23.8 Å². The number of nitrogen functional groups attached to an aromatic ring is 1. The van der Waals surface area contributed by atoms with E-state index in [1.165, 1.54) is 9.80 Å². The average molecular weight is 293 g/mol. The zero-order valence-corrected chi connectivity index (χ0v) is 13.0. The first-order chi connectivity index (χ1) is 9.88. The Morgan fingerprint density at radius 1 is 1.19 bits per heavy atom. The minimum absolute atomic E-state index is 0.0428. The molecule has 0 heterocycles. The van der Waals surface area contributed by atoms with Crippen LogP contribution in [0, 0.1) is 0 Å². The number of amides is 2. The summed E-state index contributed by atoms with van der Waals surface area (Å²) in [5.74, 6) is 0.191. The fourth-order valence-corrected chi connectivity index (χ4v) is 1.81. The van der Waals surface area contributed by atoms with Crippen molar-refractivity contribution in [2.45, 2.75) is 13.8 Å². The van der Waals surface area contributed by atoms with Crippen LogP contribution in [-0.4, -0.2) is 55.4 Å². The molecule has 0 aliphatic carbocycles. The minimum atomic E-state index is -0.235. The molecule has 0 aliphatic heterocycles. The predicted molar refractivity (Wildman–Crippen MR) is 82.3 cm³/mol. The molecule has 1 rings (SSSR count). The molecule has 0 bridgehead atoms. The number of carbonyl (C=O) groups excluding carboxylic acids is 2. The van der Waals surface area contributed by atoms with E-state index in [4.69, 9.17) is 10.5 Å². The van der Waals surface area contributed by atoms with Crippen LogP contribution in [0.25, 0.3) is 0 Å². The van der Waals surface area contributed by atoms with E-state index in [2.05, 4.69) is 0 Å². The van der Waals surface area contributed by atoms with Crippen LogP contribution in [0.1, 0.15) is 24.2 Å². The molecule has 0 atom stereocenters. The molecule has 6 nitrogen and oxygen atoms in total. The molecule has 0 unspecified atom stereocenters. The van der Waals surface area contributed by atoms with Crippen molar-refractivity contribution in [3.8, 4) is 5.75 Å². The maximum absolute atomic E-state index is 12.5. The van der Waals surface area contributed by atoms with E-state index in [0.29, 0.717) is 30.2 Å². The van der Waals surface area contributed by atoms with Crippen molar-refractivity contribution in [3.63, 3.8) is 0 Å². The Morgan fingerprint density at radius 2 is 1.86 bits per heavy atom. The Hall–Kier alpha value is -2.24. The summed E-state index contributed by atoms with van der Waals surface area (Å²) in [5.41, 5.74) is 6.67. The molecule has 0 fully saturated rings. The lowest BCUT2D eigenvalue weighted by atomic mass is 10.1. The van der Waals surface area contributed by atoms with Crippen molar-refractivity contribution in [1.29, 1.82) is 0 Å². The monoisotopic (exact) mass is 293 g/mol. The number of benzene rings is 1. The van der Waals surface area contributed by atoms with Gasteiger partial charge in [-0.05, 0) is 26.0 Å². The highest BCUT2D eigenvalue weighted by atomic mass is 16.5. The lowest BCUT2D eigenvalue weighted by molar-refractivity contribution is -0.129. The maximum atomic E-state index is 12.5. The van der Waals surface area contributed by atoms with Crippen molar-refractivity contribution in [1.82, 2.24) is 9.80 Å². The third-order valence-electron chi connectivity index (χ3n) is 2.98. The molecule has 21 heavy (non-hydrogen) atoms. The Morgan fingerprint density at radius 3 is 2.38 bits per heavy atom. The second-order valence-corrected chi connectivity index (χ2v) is 4.83. The summed E-state index contributed by atoms with van der Waals surface area (Å²) in [6, 6.07) is 4.90. The fraction of sp³-hybridized carbons (Fsp3) is 0.467. The highest BCUT2D eigenvalue weighted by Crippen LogP contribution is 2.20. The average Bonchev–Trinajstić information content (AvgIpc) is 2.43. The fourth-order valence-electron chi connectivity index (χ4n) is 1.81. The van der Waals surface area contributed by atoms with Gasteiger partial charge in [0.25, 0.3) is 5.91 Å². The number of anilines is 1. The van der Waals surface area contributed by atoms with Crippen LogP contribution in [-0.2, 0) is 4.79 Å². The van der Waals surface area contributed by atoms with Crippen LogP contribution in [0.15, 0.2) is 18.2 Å². The number of carbonyl (C=O) groups is 2. The van der Waals surface area contributed by atoms with E-state index in [1.807, 2.05) is 13.8 Å². The van der Waals surface area contributed by atoms with Gasteiger partial charge in [0.1, 0.15) is 5.75 Å². The Bertz CT molecular complexity index is 515. The van der Waals surface area contributed by atoms with Crippen molar-refractivity contribution in [2.24, 2.45) is 0 Å². The maximum Gasteiger partial charge on any atom is 0.254 e. The standard InChI is InChI=1S/C15H23N3O3/c1-5-18(10-14(19)17(3)4)15(20)11-7-12(16)9-13(8-11)21-6-2/h7-9H,5-6,10,16H2,1-4H3. The summed E-state index contributed by atoms with van der Waals surface area (Å²) in [6.07, 6.45) is 0. The lowest BCUT2D eigenvalue weighted by Crippen LogP contribution is -2.40. The first kappa shape index (κ1) is 16.8. The van der Waals surface area contributed by atoms with E-state index < -0.39 is 0 Å². The number of hydrogen-bond acceptors (Lipinski definition) is 4. The molecule has 2 amide bonds. The van der Waals surface area contributed by atoms with E-state index in [1.54, 1.807) is 32.3 Å². The van der Waals surface area contributed by atoms with Gasteiger partial charge in [-0.3, -0.25) is 9.59 Å². The Balaban J connectivity index is 2.96. The molecule has 0 saturated carbocycles. The van der Waals surface area contributed by atoms with Crippen LogP contribution in [0.4, 0.5) is 5.69 Å². The topological polar surface area (TPSA) is 75.9 Å². The Labute approximate surface area is 125 Å². The summed E-state index contributed by atoms with van der Waals surface area (Å²) in [7, 11) is 3.32. The summed E-state index contributed by atoms with van der Waals surface area (Å²) >= 11 is 0. The molecular formula is C15H23N3O3. The number of nitrogens with zero attached hydrogens (tertiary/aromatic N) is 2. The SMILES string of the molecule is CCOc1cc(N)cc(C(=O)N(CC)CC(=O)N(C)C)c1. The zero-order chi connectivity index (χ0) is 16.0. The number of likely N-dealkylation sites (N-methyl/N-ethyl adjacent to an activating group) is 2. The second-order valence-electron chi connectivity index (χ2n) is 4.83. The van der Waals surface area contributed by atoms with Gasteiger partial charge in [-0.25, -0.2) is 0 Å². The van der Waals surface area contributed by atoms with Gasteiger partial charge in [0.2, 0.25) is 5.91 Å². The summed E-state index contributed by atoms with van der Waals surface area (Å²) in [6.45, 7) is 4.67. The largest absolute Gasteiger partial charge is 0.494 e. The minimum Gasteiger partial charge on any atom is -0.494 e. The highest BCUT2D eigenvalue weighted by molar-refractivity contribution is 5.97. The molecule has 2 N–H and O–H groups in total. The van der Waals surface area contributed by atoms with Gasteiger partial charge >= 0.3 is 0 Å². The quantitative estimate of drug-likeness (QED) is 0.800.